The Labute approximate surface area is 76.4 Å². The molecule has 0 radical (unpaired) electrons. The van der Waals surface area contributed by atoms with Crippen molar-refractivity contribution in [3.63, 3.8) is 0 Å². The molecule has 1 aromatic carbocycles. The summed E-state index contributed by atoms with van der Waals surface area (Å²) in [5.41, 5.74) is 22.1. The largest absolute Gasteiger partial charge is 0.383 e. The number of hydrogen-bond donors (Lipinski definition) is 4. The molecular formula is C8H13N5. The van der Waals surface area contributed by atoms with Gasteiger partial charge in [0.1, 0.15) is 5.84 Å². The average molecular weight is 179 g/mol. The van der Waals surface area contributed by atoms with Crippen molar-refractivity contribution in [1.82, 2.24) is 0 Å². The summed E-state index contributed by atoms with van der Waals surface area (Å²) in [6.07, 6.45) is 0. The number of amidine groups is 1. The Morgan fingerprint density at radius 3 is 2.08 bits per heavy atom. The Kier molecular flexibility index (Phi) is 2.62. The van der Waals surface area contributed by atoms with Crippen LogP contribution in [0.4, 0.5) is 0 Å². The molecule has 0 aliphatic rings. The van der Waals surface area contributed by atoms with Gasteiger partial charge in [-0.1, -0.05) is 30.3 Å². The predicted octanol–water partition coefficient (Wildman–Crippen LogP) is -1.12. The van der Waals surface area contributed by atoms with Gasteiger partial charge in [0.05, 0.1) is 0 Å². The number of aliphatic imine (C=N–C) groups is 1. The predicted molar refractivity (Wildman–Crippen MR) is 52.5 cm³/mol. The molecule has 70 valence electrons. The first-order chi connectivity index (χ1) is 5.99. The van der Waals surface area contributed by atoms with Crippen molar-refractivity contribution in [3.8, 4) is 0 Å². The van der Waals surface area contributed by atoms with Gasteiger partial charge in [-0.15, -0.1) is 0 Å². The van der Waals surface area contributed by atoms with E-state index in [1.165, 1.54) is 0 Å². The average Bonchev–Trinajstić information content (AvgIpc) is 2.03. The third-order valence-corrected chi connectivity index (χ3v) is 1.38. The van der Waals surface area contributed by atoms with E-state index in [0.717, 1.165) is 5.56 Å². The zero-order valence-corrected chi connectivity index (χ0v) is 7.14. The van der Waals surface area contributed by atoms with Crippen LogP contribution >= 0.6 is 0 Å². The van der Waals surface area contributed by atoms with Crippen LogP contribution in [0.25, 0.3) is 0 Å². The van der Waals surface area contributed by atoms with Gasteiger partial charge in [0.2, 0.25) is 5.91 Å². The summed E-state index contributed by atoms with van der Waals surface area (Å²) in [6, 6.07) is 9.14. The summed E-state index contributed by atoms with van der Waals surface area (Å²) in [5.74, 6) is -1.38. The molecule has 13 heavy (non-hydrogen) atoms. The molecule has 5 heteroatoms. The van der Waals surface area contributed by atoms with Crippen molar-refractivity contribution >= 4 is 5.84 Å². The van der Waals surface area contributed by atoms with E-state index in [-0.39, 0.29) is 5.84 Å². The van der Waals surface area contributed by atoms with E-state index >= 15 is 0 Å². The first-order valence-corrected chi connectivity index (χ1v) is 3.76. The minimum atomic E-state index is -1.61. The van der Waals surface area contributed by atoms with Crippen LogP contribution in [0.15, 0.2) is 35.3 Å². The van der Waals surface area contributed by atoms with E-state index < -0.39 is 5.91 Å². The van der Waals surface area contributed by atoms with Gasteiger partial charge in [-0.2, -0.15) is 0 Å². The highest BCUT2D eigenvalue weighted by Gasteiger charge is 2.09. The van der Waals surface area contributed by atoms with Crippen molar-refractivity contribution in [1.29, 1.82) is 0 Å². The lowest BCUT2D eigenvalue weighted by atomic mass is 10.2. The van der Waals surface area contributed by atoms with Gasteiger partial charge < -0.3 is 5.73 Å². The standard InChI is InChI=1S/C8H13N5/c9-7(13-8(10,11)12)6-4-2-1-3-5-6/h1-5H,10-12H2,(H2,9,13). The third kappa shape index (κ3) is 3.20. The number of rotatable bonds is 2. The van der Waals surface area contributed by atoms with Gasteiger partial charge in [-0.05, 0) is 0 Å². The highest BCUT2D eigenvalue weighted by Crippen LogP contribution is 1.98. The van der Waals surface area contributed by atoms with Crippen LogP contribution in [0, 0.1) is 0 Å². The Balaban J connectivity index is 2.92. The molecule has 0 saturated carbocycles. The molecule has 0 amide bonds. The summed E-state index contributed by atoms with van der Waals surface area (Å²) in [4.78, 5) is 3.71. The number of nitrogens with two attached hydrogens (primary N) is 4. The molecule has 0 unspecified atom stereocenters. The molecule has 0 saturated heterocycles. The molecule has 0 atom stereocenters. The molecule has 0 aliphatic heterocycles. The normalized spacial score (nSPS) is 13.0. The number of hydrogen-bond acceptors (Lipinski definition) is 4. The molecule has 1 aromatic rings. The van der Waals surface area contributed by atoms with E-state index in [1.54, 1.807) is 12.1 Å². The quantitative estimate of drug-likeness (QED) is 0.261. The van der Waals surface area contributed by atoms with Gasteiger partial charge in [-0.25, -0.2) is 4.99 Å². The van der Waals surface area contributed by atoms with E-state index in [9.17, 15) is 0 Å². The first-order valence-electron chi connectivity index (χ1n) is 3.76. The van der Waals surface area contributed by atoms with Crippen molar-refractivity contribution in [2.45, 2.75) is 5.91 Å². The van der Waals surface area contributed by atoms with Gasteiger partial charge >= 0.3 is 0 Å². The van der Waals surface area contributed by atoms with Crippen molar-refractivity contribution < 1.29 is 0 Å². The Morgan fingerprint density at radius 1 is 1.08 bits per heavy atom. The maximum atomic E-state index is 5.59. The fourth-order valence-electron chi connectivity index (χ4n) is 0.882. The Bertz CT molecular complexity index is 298. The SMILES string of the molecule is NC(=NC(N)(N)N)c1ccccc1. The molecular weight excluding hydrogens is 166 g/mol. The van der Waals surface area contributed by atoms with E-state index in [0.29, 0.717) is 0 Å². The monoisotopic (exact) mass is 179 g/mol. The summed E-state index contributed by atoms with van der Waals surface area (Å²) >= 11 is 0. The van der Waals surface area contributed by atoms with Crippen LogP contribution in [0.5, 0.6) is 0 Å². The third-order valence-electron chi connectivity index (χ3n) is 1.38. The fraction of sp³-hybridized carbons (Fsp3) is 0.125. The second kappa shape index (κ2) is 3.53. The van der Waals surface area contributed by atoms with Gasteiger partial charge in [0.15, 0.2) is 0 Å². The smallest absolute Gasteiger partial charge is 0.217 e. The summed E-state index contributed by atoms with van der Waals surface area (Å²) in [6.45, 7) is 0. The van der Waals surface area contributed by atoms with Crippen LogP contribution in [0.1, 0.15) is 5.56 Å². The lowest BCUT2D eigenvalue weighted by molar-refractivity contribution is 0.488. The van der Waals surface area contributed by atoms with Crippen molar-refractivity contribution in [3.05, 3.63) is 35.9 Å². The van der Waals surface area contributed by atoms with Gasteiger partial charge in [0.25, 0.3) is 0 Å². The fourth-order valence-corrected chi connectivity index (χ4v) is 0.882. The van der Waals surface area contributed by atoms with Gasteiger partial charge in [0, 0.05) is 5.56 Å². The first kappa shape index (κ1) is 9.66. The van der Waals surface area contributed by atoms with Crippen LogP contribution in [0.2, 0.25) is 0 Å². The van der Waals surface area contributed by atoms with Crippen LogP contribution < -0.4 is 22.9 Å². The van der Waals surface area contributed by atoms with E-state index in [2.05, 4.69) is 4.99 Å². The molecule has 0 fully saturated rings. The summed E-state index contributed by atoms with van der Waals surface area (Å²) in [7, 11) is 0. The van der Waals surface area contributed by atoms with Crippen molar-refractivity contribution in [2.24, 2.45) is 27.9 Å². The lowest BCUT2D eigenvalue weighted by Gasteiger charge is -2.13. The zero-order valence-electron chi connectivity index (χ0n) is 7.14. The van der Waals surface area contributed by atoms with Crippen LogP contribution in [-0.2, 0) is 0 Å². The van der Waals surface area contributed by atoms with Crippen molar-refractivity contribution in [2.75, 3.05) is 0 Å². The number of benzene rings is 1. The molecule has 0 spiro atoms. The second-order valence-corrected chi connectivity index (χ2v) is 2.75. The Morgan fingerprint density at radius 2 is 1.62 bits per heavy atom. The van der Waals surface area contributed by atoms with E-state index in [4.69, 9.17) is 22.9 Å². The highest BCUT2D eigenvalue weighted by molar-refractivity contribution is 5.97. The minimum Gasteiger partial charge on any atom is -0.383 e. The maximum Gasteiger partial charge on any atom is 0.217 e. The van der Waals surface area contributed by atoms with E-state index in [1.807, 2.05) is 18.2 Å². The molecule has 1 rings (SSSR count). The molecule has 0 aliphatic carbocycles. The molecule has 0 aromatic heterocycles. The molecule has 0 heterocycles. The maximum absolute atomic E-state index is 5.59. The zero-order chi connectivity index (χ0) is 9.90. The van der Waals surface area contributed by atoms with Crippen LogP contribution in [0.3, 0.4) is 0 Å². The Hall–Kier alpha value is -1.43. The minimum absolute atomic E-state index is 0.230. The topological polar surface area (TPSA) is 116 Å². The van der Waals surface area contributed by atoms with Crippen LogP contribution in [-0.4, -0.2) is 11.7 Å². The molecule has 8 N–H and O–H groups in total. The summed E-state index contributed by atoms with van der Waals surface area (Å²) in [5, 5.41) is 0. The number of nitrogens with zero attached hydrogens (tertiary/aromatic N) is 1. The second-order valence-electron chi connectivity index (χ2n) is 2.75. The molecule has 5 nitrogen and oxygen atoms in total. The summed E-state index contributed by atoms with van der Waals surface area (Å²) < 4.78 is 0. The highest BCUT2D eigenvalue weighted by atomic mass is 15.3. The van der Waals surface area contributed by atoms with Gasteiger partial charge in [-0.3, -0.25) is 17.2 Å². The lowest BCUT2D eigenvalue weighted by Crippen LogP contribution is -2.57. The molecule has 0 bridgehead atoms.